The molecule has 0 N–H and O–H groups in total. The lowest BCUT2D eigenvalue weighted by Gasteiger charge is -2.43. The summed E-state index contributed by atoms with van der Waals surface area (Å²) in [6.45, 7) is 1.45. The summed E-state index contributed by atoms with van der Waals surface area (Å²) in [7, 11) is 0. The molecule has 222 valence electrons. The van der Waals surface area contributed by atoms with E-state index in [1.54, 1.807) is 16.3 Å². The van der Waals surface area contributed by atoms with Crippen LogP contribution in [0, 0.1) is 35.4 Å². The van der Waals surface area contributed by atoms with Crippen LogP contribution in [-0.4, -0.2) is 45.5 Å². The number of hydrogen-bond donors (Lipinski definition) is 0. The largest absolute Gasteiger partial charge is 0.341 e. The Hall–Kier alpha value is -2.95. The van der Waals surface area contributed by atoms with Crippen molar-refractivity contribution in [2.24, 2.45) is 29.6 Å². The molecular formula is C32H29ClFN3O4S2. The molecule has 2 saturated carbocycles. The van der Waals surface area contributed by atoms with Gasteiger partial charge in [-0.25, -0.2) is 4.39 Å². The van der Waals surface area contributed by atoms with Gasteiger partial charge in [-0.1, -0.05) is 35.1 Å². The first-order valence-electron chi connectivity index (χ1n) is 14.9. The number of thioether (sulfide) groups is 1. The van der Waals surface area contributed by atoms with E-state index >= 15 is 0 Å². The average molecular weight is 638 g/mol. The molecule has 7 nitrogen and oxygen atoms in total. The molecule has 4 heterocycles. The number of anilines is 1. The van der Waals surface area contributed by atoms with Gasteiger partial charge in [-0.05, 0) is 85.4 Å². The van der Waals surface area contributed by atoms with Gasteiger partial charge in [0, 0.05) is 34.2 Å². The zero-order chi connectivity index (χ0) is 29.6. The van der Waals surface area contributed by atoms with Crippen LogP contribution in [0.5, 0.6) is 0 Å². The molecule has 43 heavy (non-hydrogen) atoms. The molecule has 2 aromatic carbocycles. The molecule has 3 amide bonds. The molecule has 2 aliphatic carbocycles. The number of rotatable bonds is 4. The normalized spacial score (nSPS) is 30.9. The second kappa shape index (κ2) is 10.3. The van der Waals surface area contributed by atoms with E-state index in [1.807, 2.05) is 29.2 Å². The lowest BCUT2D eigenvalue weighted by atomic mass is 9.68. The van der Waals surface area contributed by atoms with Crippen LogP contribution in [-0.2, 0) is 20.9 Å². The molecule has 11 heteroatoms. The van der Waals surface area contributed by atoms with E-state index in [-0.39, 0.29) is 58.1 Å². The van der Waals surface area contributed by atoms with E-state index in [9.17, 15) is 23.6 Å². The molecule has 4 fully saturated rings. The van der Waals surface area contributed by atoms with Gasteiger partial charge in [0.15, 0.2) is 0 Å². The smallest absolute Gasteiger partial charge is 0.308 e. The standard InChI is InChI=1S/C32H29ClFN3O4S2/c33-17-6-4-16(5-7-17)23-24-20-14-21(26-25(20)29(39)37(30(26)40)19-10-8-18(34)9-11-19)27(24)42-31-28(23)43-32(41)36(31)15-22(38)35-12-2-1-3-13-35/h4-11,20-21,23-27H,1-3,12-15H2. The predicted molar refractivity (Wildman–Crippen MR) is 163 cm³/mol. The van der Waals surface area contributed by atoms with Crippen LogP contribution in [0.15, 0.2) is 58.4 Å². The molecule has 0 spiro atoms. The van der Waals surface area contributed by atoms with Gasteiger partial charge in [-0.15, -0.1) is 11.8 Å². The number of benzene rings is 2. The fraction of sp³-hybridized carbons (Fsp3) is 0.438. The summed E-state index contributed by atoms with van der Waals surface area (Å²) in [5, 5.41) is 1.44. The van der Waals surface area contributed by atoms with Gasteiger partial charge < -0.3 is 4.90 Å². The molecule has 7 unspecified atom stereocenters. The minimum absolute atomic E-state index is 0.00897. The van der Waals surface area contributed by atoms with E-state index in [1.165, 1.54) is 40.5 Å². The second-order valence-electron chi connectivity index (χ2n) is 12.4. The topological polar surface area (TPSA) is 79.7 Å². The highest BCUT2D eigenvalue weighted by Gasteiger charge is 2.69. The second-order valence-corrected chi connectivity index (χ2v) is 15.0. The fourth-order valence-corrected chi connectivity index (χ4v) is 11.8. The van der Waals surface area contributed by atoms with Gasteiger partial charge >= 0.3 is 4.87 Å². The van der Waals surface area contributed by atoms with E-state index in [0.717, 1.165) is 54.2 Å². The van der Waals surface area contributed by atoms with E-state index < -0.39 is 17.7 Å². The minimum Gasteiger partial charge on any atom is -0.341 e. The van der Waals surface area contributed by atoms with Gasteiger partial charge in [0.1, 0.15) is 12.4 Å². The van der Waals surface area contributed by atoms with Crippen LogP contribution in [0.25, 0.3) is 0 Å². The molecule has 2 saturated heterocycles. The Balaban J connectivity index is 1.19. The van der Waals surface area contributed by atoms with Gasteiger partial charge in [0.25, 0.3) is 0 Å². The Kier molecular flexibility index (Phi) is 6.62. The number of amides is 3. The number of thiazole rings is 1. The molecule has 8 rings (SSSR count). The van der Waals surface area contributed by atoms with E-state index in [4.69, 9.17) is 11.6 Å². The molecular weight excluding hydrogens is 609 g/mol. The number of nitrogens with zero attached hydrogens (tertiary/aromatic N) is 3. The van der Waals surface area contributed by atoms with Crippen molar-refractivity contribution in [3.05, 3.63) is 79.5 Å². The van der Waals surface area contributed by atoms with Crippen molar-refractivity contribution in [2.75, 3.05) is 18.0 Å². The number of aromatic nitrogens is 1. The summed E-state index contributed by atoms with van der Waals surface area (Å²) >= 11 is 9.09. The van der Waals surface area contributed by atoms with Gasteiger partial charge in [0.2, 0.25) is 17.7 Å². The number of halogens is 2. The highest BCUT2D eigenvalue weighted by molar-refractivity contribution is 8.00. The number of piperidine rings is 1. The van der Waals surface area contributed by atoms with Gasteiger partial charge in [-0.3, -0.25) is 28.6 Å². The summed E-state index contributed by atoms with van der Waals surface area (Å²) in [6.07, 6.45) is 3.84. The monoisotopic (exact) mass is 637 g/mol. The minimum atomic E-state index is -0.447. The fourth-order valence-electron chi connectivity index (χ4n) is 8.52. The van der Waals surface area contributed by atoms with Crippen LogP contribution < -0.4 is 9.77 Å². The Bertz CT molecular complexity index is 1700. The molecule has 0 radical (unpaired) electrons. The molecule has 1 aromatic heterocycles. The summed E-state index contributed by atoms with van der Waals surface area (Å²) in [5.41, 5.74) is 1.42. The first kappa shape index (κ1) is 27.6. The Morgan fingerprint density at radius 1 is 0.907 bits per heavy atom. The van der Waals surface area contributed by atoms with Crippen LogP contribution >= 0.6 is 34.7 Å². The number of hydrogen-bond acceptors (Lipinski definition) is 6. The van der Waals surface area contributed by atoms with Gasteiger partial charge in [-0.2, -0.15) is 0 Å². The van der Waals surface area contributed by atoms with Gasteiger partial charge in [0.05, 0.1) is 22.5 Å². The van der Waals surface area contributed by atoms with E-state index in [2.05, 4.69) is 0 Å². The summed E-state index contributed by atoms with van der Waals surface area (Å²) in [6, 6.07) is 13.2. The number of fused-ring (bicyclic) bond motifs is 9. The predicted octanol–water partition coefficient (Wildman–Crippen LogP) is 5.39. The van der Waals surface area contributed by atoms with Crippen molar-refractivity contribution >= 4 is 58.1 Å². The number of carbonyl (C=O) groups excluding carboxylic acids is 3. The van der Waals surface area contributed by atoms with Crippen LogP contribution in [0.4, 0.5) is 10.1 Å². The third-order valence-electron chi connectivity index (χ3n) is 10.3. The zero-order valence-corrected chi connectivity index (χ0v) is 25.5. The highest BCUT2D eigenvalue weighted by atomic mass is 35.5. The van der Waals surface area contributed by atoms with Crippen LogP contribution in [0.3, 0.4) is 0 Å². The number of likely N-dealkylation sites (tertiary alicyclic amines) is 1. The maximum atomic E-state index is 13.9. The van der Waals surface area contributed by atoms with Crippen molar-refractivity contribution in [2.45, 2.75) is 48.4 Å². The lowest BCUT2D eigenvalue weighted by Crippen LogP contribution is -2.43. The molecule has 7 atom stereocenters. The van der Waals surface area contributed by atoms with Crippen molar-refractivity contribution in [3.63, 3.8) is 0 Å². The Labute approximate surface area is 261 Å². The molecule has 3 aromatic rings. The first-order valence-corrected chi connectivity index (χ1v) is 17.0. The van der Waals surface area contributed by atoms with Crippen LogP contribution in [0.1, 0.15) is 42.0 Å². The summed E-state index contributed by atoms with van der Waals surface area (Å²) in [5.74, 6) is -1.97. The average Bonchev–Trinajstić information content (AvgIpc) is 3.73. The Morgan fingerprint density at radius 3 is 2.28 bits per heavy atom. The number of imide groups is 1. The number of carbonyl (C=O) groups is 3. The maximum absolute atomic E-state index is 13.9. The zero-order valence-electron chi connectivity index (χ0n) is 23.2. The molecule has 3 aliphatic heterocycles. The maximum Gasteiger partial charge on any atom is 0.308 e. The highest BCUT2D eigenvalue weighted by Crippen LogP contribution is 2.69. The summed E-state index contributed by atoms with van der Waals surface area (Å²) in [4.78, 5) is 58.5. The van der Waals surface area contributed by atoms with Crippen molar-refractivity contribution in [1.29, 1.82) is 0 Å². The SMILES string of the molecule is O=C(Cn1c2c(sc1=O)C(c1ccc(Cl)cc1)C1C3CC(C1S2)C1C(=O)N(c2ccc(F)cc2)C(=O)C31)N1CCCCC1. The Morgan fingerprint density at radius 2 is 1.58 bits per heavy atom. The third kappa shape index (κ3) is 4.19. The quantitative estimate of drug-likeness (QED) is 0.359. The van der Waals surface area contributed by atoms with Crippen molar-refractivity contribution in [3.8, 4) is 0 Å². The van der Waals surface area contributed by atoms with Crippen molar-refractivity contribution in [1.82, 2.24) is 9.47 Å². The van der Waals surface area contributed by atoms with E-state index in [0.29, 0.717) is 10.7 Å². The van der Waals surface area contributed by atoms with Crippen LogP contribution in [0.2, 0.25) is 5.02 Å². The molecule has 2 bridgehead atoms. The summed E-state index contributed by atoms with van der Waals surface area (Å²) < 4.78 is 15.3. The molecule has 5 aliphatic rings. The van der Waals surface area contributed by atoms with Crippen molar-refractivity contribution < 1.29 is 18.8 Å². The lowest BCUT2D eigenvalue weighted by molar-refractivity contribution is -0.133. The third-order valence-corrected chi connectivity index (χ3v) is 13.3. The first-order chi connectivity index (χ1) is 20.8.